The van der Waals surface area contributed by atoms with E-state index in [1.807, 2.05) is 20.8 Å². The lowest BCUT2D eigenvalue weighted by molar-refractivity contribution is 0.0692. The lowest BCUT2D eigenvalue weighted by Crippen LogP contribution is -2.11. The molecule has 0 aromatic heterocycles. The molecule has 0 saturated carbocycles. The summed E-state index contributed by atoms with van der Waals surface area (Å²) in [6, 6.07) is 3.53. The van der Waals surface area contributed by atoms with E-state index in [0.717, 1.165) is 0 Å². The number of hydrogen-bond acceptors (Lipinski definition) is 2. The second-order valence-corrected chi connectivity index (χ2v) is 5.31. The molecule has 0 radical (unpaired) electrons. The fourth-order valence-corrected chi connectivity index (χ4v) is 1.72. The molecule has 0 unspecified atom stereocenters. The third-order valence-electron chi connectivity index (χ3n) is 2.40. The van der Waals surface area contributed by atoms with E-state index in [2.05, 4.69) is 0 Å². The predicted molar refractivity (Wildman–Crippen MR) is 63.0 cm³/mol. The molecule has 0 aliphatic carbocycles. The number of rotatable bonds is 2. The molecule has 1 aromatic rings. The number of aromatic carboxylic acids is 1. The van der Waals surface area contributed by atoms with Crippen LogP contribution in [0.15, 0.2) is 12.1 Å². The molecule has 3 nitrogen and oxygen atoms in total. The topological polar surface area (TPSA) is 57.5 Å². The van der Waals surface area contributed by atoms with Crippen LogP contribution in [-0.4, -0.2) is 16.2 Å². The van der Waals surface area contributed by atoms with Crippen LogP contribution >= 0.6 is 0 Å². The summed E-state index contributed by atoms with van der Waals surface area (Å²) < 4.78 is 0. The summed E-state index contributed by atoms with van der Waals surface area (Å²) in [7, 11) is 0. The lowest BCUT2D eigenvalue weighted by atomic mass is 9.86. The Balaban J connectivity index is 3.24. The Morgan fingerprint density at radius 3 is 2.31 bits per heavy atom. The number of phenols is 1. The van der Waals surface area contributed by atoms with Crippen LogP contribution < -0.4 is 0 Å². The van der Waals surface area contributed by atoms with Gasteiger partial charge in [0.25, 0.3) is 0 Å². The summed E-state index contributed by atoms with van der Waals surface area (Å²) in [6.45, 7) is 7.83. The SMILES string of the molecule is Cc1ccc(CC(C)(C)C)c(O)c1C(=O)O. The van der Waals surface area contributed by atoms with E-state index < -0.39 is 5.97 Å². The zero-order valence-corrected chi connectivity index (χ0v) is 10.2. The van der Waals surface area contributed by atoms with E-state index >= 15 is 0 Å². The van der Waals surface area contributed by atoms with E-state index in [1.54, 1.807) is 19.1 Å². The van der Waals surface area contributed by atoms with Crippen molar-refractivity contribution >= 4 is 5.97 Å². The Hall–Kier alpha value is -1.51. The van der Waals surface area contributed by atoms with Crippen molar-refractivity contribution < 1.29 is 15.0 Å². The summed E-state index contributed by atoms with van der Waals surface area (Å²) in [5.41, 5.74) is 1.31. The van der Waals surface area contributed by atoms with Crippen LogP contribution in [0.4, 0.5) is 0 Å². The molecule has 0 aliphatic rings. The number of aromatic hydroxyl groups is 1. The zero-order chi connectivity index (χ0) is 12.5. The highest BCUT2D eigenvalue weighted by Crippen LogP contribution is 2.31. The zero-order valence-electron chi connectivity index (χ0n) is 10.2. The summed E-state index contributed by atoms with van der Waals surface area (Å²) in [6.07, 6.45) is 0.652. The smallest absolute Gasteiger partial charge is 0.339 e. The van der Waals surface area contributed by atoms with E-state index in [-0.39, 0.29) is 16.7 Å². The van der Waals surface area contributed by atoms with E-state index in [4.69, 9.17) is 5.11 Å². The van der Waals surface area contributed by atoms with Crippen LogP contribution in [0.2, 0.25) is 0 Å². The highest BCUT2D eigenvalue weighted by Gasteiger charge is 2.20. The number of benzene rings is 1. The molecular formula is C13H18O3. The van der Waals surface area contributed by atoms with Gasteiger partial charge in [-0.1, -0.05) is 32.9 Å². The van der Waals surface area contributed by atoms with Crippen LogP contribution in [0.5, 0.6) is 5.75 Å². The number of aryl methyl sites for hydroxylation is 1. The Bertz CT molecular complexity index is 414. The second-order valence-electron chi connectivity index (χ2n) is 5.31. The van der Waals surface area contributed by atoms with E-state index in [1.165, 1.54) is 0 Å². The van der Waals surface area contributed by atoms with Crippen LogP contribution in [0.3, 0.4) is 0 Å². The molecule has 1 rings (SSSR count). The van der Waals surface area contributed by atoms with Crippen molar-refractivity contribution in [2.24, 2.45) is 5.41 Å². The molecule has 2 N–H and O–H groups in total. The highest BCUT2D eigenvalue weighted by molar-refractivity contribution is 5.93. The quantitative estimate of drug-likeness (QED) is 0.808. The summed E-state index contributed by atoms with van der Waals surface area (Å²) in [5, 5.41) is 18.9. The lowest BCUT2D eigenvalue weighted by Gasteiger charge is -2.20. The molecule has 0 atom stereocenters. The van der Waals surface area contributed by atoms with Gasteiger partial charge in [0, 0.05) is 0 Å². The fourth-order valence-electron chi connectivity index (χ4n) is 1.72. The van der Waals surface area contributed by atoms with Crippen molar-refractivity contribution in [2.75, 3.05) is 0 Å². The van der Waals surface area contributed by atoms with Gasteiger partial charge in [-0.3, -0.25) is 0 Å². The summed E-state index contributed by atoms with van der Waals surface area (Å²) >= 11 is 0. The Kier molecular flexibility index (Phi) is 3.27. The summed E-state index contributed by atoms with van der Waals surface area (Å²) in [5.74, 6) is -1.17. The van der Waals surface area contributed by atoms with Crippen LogP contribution in [0, 0.1) is 12.3 Å². The Labute approximate surface area is 95.7 Å². The molecule has 0 saturated heterocycles. The molecule has 0 fully saturated rings. The van der Waals surface area contributed by atoms with Gasteiger partial charge < -0.3 is 10.2 Å². The number of hydrogen-bond donors (Lipinski definition) is 2. The number of carboxylic acid groups (broad SMARTS) is 1. The van der Waals surface area contributed by atoms with Gasteiger partial charge in [-0.05, 0) is 29.9 Å². The van der Waals surface area contributed by atoms with Gasteiger partial charge in [0.15, 0.2) is 0 Å². The molecule has 3 heteroatoms. The van der Waals surface area contributed by atoms with Gasteiger partial charge in [0.1, 0.15) is 11.3 Å². The molecule has 88 valence electrons. The van der Waals surface area contributed by atoms with Gasteiger partial charge >= 0.3 is 5.97 Å². The molecule has 0 bridgehead atoms. The largest absolute Gasteiger partial charge is 0.507 e. The van der Waals surface area contributed by atoms with Crippen molar-refractivity contribution in [1.82, 2.24) is 0 Å². The van der Waals surface area contributed by atoms with Crippen LogP contribution in [0.1, 0.15) is 42.3 Å². The van der Waals surface area contributed by atoms with Gasteiger partial charge in [-0.15, -0.1) is 0 Å². The number of carbonyl (C=O) groups is 1. The average molecular weight is 222 g/mol. The monoisotopic (exact) mass is 222 g/mol. The maximum Gasteiger partial charge on any atom is 0.339 e. The minimum absolute atomic E-state index is 0.0155. The van der Waals surface area contributed by atoms with Crippen molar-refractivity contribution in [3.63, 3.8) is 0 Å². The molecule has 0 amide bonds. The third-order valence-corrected chi connectivity index (χ3v) is 2.40. The molecular weight excluding hydrogens is 204 g/mol. The molecule has 16 heavy (non-hydrogen) atoms. The molecule has 0 heterocycles. The minimum Gasteiger partial charge on any atom is -0.507 e. The van der Waals surface area contributed by atoms with Gasteiger partial charge in [0.05, 0.1) is 0 Å². The maximum absolute atomic E-state index is 11.0. The predicted octanol–water partition coefficient (Wildman–Crippen LogP) is 2.99. The molecule has 1 aromatic carbocycles. The van der Waals surface area contributed by atoms with Crippen molar-refractivity contribution in [3.8, 4) is 5.75 Å². The van der Waals surface area contributed by atoms with Crippen molar-refractivity contribution in [1.29, 1.82) is 0 Å². The first-order chi connectivity index (χ1) is 7.22. The van der Waals surface area contributed by atoms with E-state index in [0.29, 0.717) is 17.5 Å². The van der Waals surface area contributed by atoms with Gasteiger partial charge in [-0.2, -0.15) is 0 Å². The van der Waals surface area contributed by atoms with E-state index in [9.17, 15) is 9.90 Å². The highest BCUT2D eigenvalue weighted by atomic mass is 16.4. The summed E-state index contributed by atoms with van der Waals surface area (Å²) in [4.78, 5) is 11.0. The normalized spacial score (nSPS) is 11.5. The fraction of sp³-hybridized carbons (Fsp3) is 0.462. The molecule has 0 spiro atoms. The Morgan fingerprint density at radius 1 is 1.31 bits per heavy atom. The Morgan fingerprint density at radius 2 is 1.88 bits per heavy atom. The minimum atomic E-state index is -1.08. The van der Waals surface area contributed by atoms with Crippen LogP contribution in [0.25, 0.3) is 0 Å². The van der Waals surface area contributed by atoms with Crippen LogP contribution in [-0.2, 0) is 6.42 Å². The van der Waals surface area contributed by atoms with Crippen molar-refractivity contribution in [3.05, 3.63) is 28.8 Å². The molecule has 0 aliphatic heterocycles. The number of carboxylic acids is 1. The second kappa shape index (κ2) is 4.16. The first kappa shape index (κ1) is 12.6. The first-order valence-electron chi connectivity index (χ1n) is 5.27. The average Bonchev–Trinajstić information content (AvgIpc) is 2.07. The van der Waals surface area contributed by atoms with Crippen molar-refractivity contribution in [2.45, 2.75) is 34.1 Å². The first-order valence-corrected chi connectivity index (χ1v) is 5.27. The van der Waals surface area contributed by atoms with Gasteiger partial charge in [-0.25, -0.2) is 4.79 Å². The van der Waals surface area contributed by atoms with Gasteiger partial charge in [0.2, 0.25) is 0 Å². The standard InChI is InChI=1S/C13H18O3/c1-8-5-6-9(7-13(2,3)4)11(14)10(8)12(15)16/h5-6,14H,7H2,1-4H3,(H,15,16). The third kappa shape index (κ3) is 2.75. The maximum atomic E-state index is 11.0.